The van der Waals surface area contributed by atoms with E-state index in [4.69, 9.17) is 0 Å². The Morgan fingerprint density at radius 3 is 0.643 bits per heavy atom. The molecule has 0 unspecified atom stereocenters. The predicted molar refractivity (Wildman–Crippen MR) is 77.8 cm³/mol. The molecule has 0 rings (SSSR count). The van der Waals surface area contributed by atoms with E-state index in [1.807, 2.05) is 0 Å². The van der Waals surface area contributed by atoms with Gasteiger partial charge >= 0.3 is 0 Å². The van der Waals surface area contributed by atoms with Gasteiger partial charge in [0.25, 0.3) is 0 Å². The van der Waals surface area contributed by atoms with Crippen LogP contribution < -0.4 is 0 Å². The van der Waals surface area contributed by atoms with Crippen LogP contribution in [0.3, 0.4) is 0 Å². The van der Waals surface area contributed by atoms with Gasteiger partial charge in [0.1, 0.15) is 0 Å². The predicted octanol–water partition coefficient (Wildman–Crippen LogP) is 4.54. The first-order chi connectivity index (χ1) is 0. The molecule has 0 aromatic carbocycles. The molecule has 0 aliphatic carbocycles. The zero-order chi connectivity index (χ0) is 0. The molecule has 18 radical (unpaired) electrons. The first kappa shape index (κ1) is 427. The van der Waals surface area contributed by atoms with Crippen LogP contribution in [0.2, 0.25) is 0 Å². The summed E-state index contributed by atoms with van der Waals surface area (Å²) in [5.74, 6) is 0. The quantitative estimate of drug-likeness (QED) is 0.313. The summed E-state index contributed by atoms with van der Waals surface area (Å²) in [7, 11) is 0. The molecule has 28 heavy (non-hydrogen) atoms. The maximum Gasteiger partial charge on any atom is 0 e. The average molecular weight is 1860 g/mol. The van der Waals surface area contributed by atoms with Crippen molar-refractivity contribution in [3.05, 3.63) is 0 Å². The average Bonchev–Trinajstić information content (AvgIpc) is 0. The maximum atomic E-state index is 0. The molecular weight excluding hydrogens is 1830 g/mol. The molecule has 0 atom stereocenters. The van der Waals surface area contributed by atoms with Gasteiger partial charge in [0.2, 0.25) is 0 Å². The second-order valence-corrected chi connectivity index (χ2v) is 0. The molecule has 0 aromatic heterocycles. The molecule has 0 bridgehead atoms. The minimum absolute atomic E-state index is 0. The number of rotatable bonds is 0. The SMILES string of the molecule is C.C.C.C.C.C.C.C.C.[Ag].[Al].[Au].[Co].[Cr].[Cr].[Cu].[Fe].[Ge].[Mn].[Mo].[Ni].[Ni].[Pb].[Ta].[Ti].[V].[W].[Zr]. The van der Waals surface area contributed by atoms with Crippen molar-refractivity contribution in [1.82, 2.24) is 0 Å². The van der Waals surface area contributed by atoms with E-state index in [-0.39, 0.29) is 441 Å². The molecule has 0 N–H and O–H groups in total. The molecule has 0 saturated carbocycles. The van der Waals surface area contributed by atoms with E-state index < -0.39 is 0 Å². The van der Waals surface area contributed by atoms with Gasteiger partial charge in [-0.15, -0.1) is 0 Å². The van der Waals surface area contributed by atoms with Gasteiger partial charge in [0, 0.05) is 374 Å². The van der Waals surface area contributed by atoms with Crippen LogP contribution in [0.5, 0.6) is 0 Å². The van der Waals surface area contributed by atoms with Gasteiger partial charge in [-0.2, -0.15) is 0 Å². The van der Waals surface area contributed by atoms with Gasteiger partial charge in [-0.3, -0.25) is 0 Å². The molecule has 0 saturated heterocycles. The van der Waals surface area contributed by atoms with Crippen LogP contribution >= 0.6 is 0 Å². The summed E-state index contributed by atoms with van der Waals surface area (Å²) in [6.07, 6.45) is 0. The molecule has 0 nitrogen and oxygen atoms in total. The van der Waals surface area contributed by atoms with E-state index in [1.165, 1.54) is 0 Å². The van der Waals surface area contributed by atoms with Crippen molar-refractivity contribution in [2.24, 2.45) is 0 Å². The van der Waals surface area contributed by atoms with Gasteiger partial charge in [-0.05, 0) is 0 Å². The Kier molecular flexibility index (Phi) is 6020. The van der Waals surface area contributed by atoms with Crippen molar-refractivity contribution in [3.63, 3.8) is 0 Å². The summed E-state index contributed by atoms with van der Waals surface area (Å²) in [5.41, 5.74) is 0. The summed E-state index contributed by atoms with van der Waals surface area (Å²) in [4.78, 5) is 0. The third kappa shape index (κ3) is 365. The Labute approximate surface area is 430 Å². The summed E-state index contributed by atoms with van der Waals surface area (Å²) in [5, 5.41) is 0. The van der Waals surface area contributed by atoms with Gasteiger partial charge in [-0.25, -0.2) is 0 Å². The fourth-order valence-corrected chi connectivity index (χ4v) is 0. The molecule has 19 heteroatoms. The Bertz CT molecular complexity index is 102. The second-order valence-electron chi connectivity index (χ2n) is 0. The van der Waals surface area contributed by atoms with Crippen LogP contribution in [-0.2, 0) is 311 Å². The monoisotopic (exact) mass is 1860 g/mol. The molecular formula is C9H36AgAlAuCoCr2CuFeGeMnMoNi2PbTaTiVWZr. The molecule has 0 aliphatic rings. The van der Waals surface area contributed by atoms with E-state index in [9.17, 15) is 0 Å². The van der Waals surface area contributed by atoms with E-state index in [0.29, 0.717) is 0 Å². The van der Waals surface area contributed by atoms with Crippen LogP contribution in [0.25, 0.3) is 0 Å². The summed E-state index contributed by atoms with van der Waals surface area (Å²) in [6, 6.07) is 0. The summed E-state index contributed by atoms with van der Waals surface area (Å²) in [6.45, 7) is 0. The van der Waals surface area contributed by atoms with Crippen molar-refractivity contribution >= 4 is 62.3 Å². The maximum absolute atomic E-state index is 0. The zero-order valence-corrected chi connectivity index (χ0v) is 40.9. The first-order valence-corrected chi connectivity index (χ1v) is 0. The normalized spacial score (nSPS) is 0. The minimum atomic E-state index is 0. The van der Waals surface area contributed by atoms with Crippen molar-refractivity contribution in [2.45, 2.75) is 66.8 Å². The molecule has 0 aliphatic heterocycles. The topological polar surface area (TPSA) is 0 Å². The van der Waals surface area contributed by atoms with Crippen LogP contribution in [0, 0.1) is 0 Å². The molecule has 0 spiro atoms. The Morgan fingerprint density at radius 2 is 0.643 bits per heavy atom. The standard InChI is InChI=1S/9CH4.Ag.Al.Au.Co.2Cr.Cu.Fe.Ge.Mn.Mo.2Ni.Pb.Ta.Ti.V.W.Zr/h9*1H4;;;;;;;;;;;;;;;;;;;. The molecule has 202 valence electrons. The van der Waals surface area contributed by atoms with Crippen LogP contribution in [0.4, 0.5) is 0 Å². The van der Waals surface area contributed by atoms with E-state index in [0.717, 1.165) is 0 Å². The second kappa shape index (κ2) is 395. The number of hydrogen-bond donors (Lipinski definition) is 0. The molecule has 0 heterocycles. The Morgan fingerprint density at radius 1 is 0.643 bits per heavy atom. The van der Waals surface area contributed by atoms with Crippen LogP contribution in [0.15, 0.2) is 0 Å². The van der Waals surface area contributed by atoms with Gasteiger partial charge in [0.05, 0.1) is 0 Å². The summed E-state index contributed by atoms with van der Waals surface area (Å²) < 4.78 is 0. The first-order valence-electron chi connectivity index (χ1n) is 0. The van der Waals surface area contributed by atoms with E-state index >= 15 is 0 Å². The summed E-state index contributed by atoms with van der Waals surface area (Å²) >= 11 is 0. The van der Waals surface area contributed by atoms with Gasteiger partial charge in [0.15, 0.2) is 0 Å². The molecule has 0 aromatic rings. The van der Waals surface area contributed by atoms with E-state index in [2.05, 4.69) is 0 Å². The molecule has 0 fully saturated rings. The smallest absolute Gasteiger partial charge is 0 e. The van der Waals surface area contributed by atoms with Gasteiger partial charge < -0.3 is 0 Å². The number of hydrogen-bond acceptors (Lipinski definition) is 0. The minimum Gasteiger partial charge on any atom is -0.0776 e. The third-order valence-corrected chi connectivity index (χ3v) is 0. The van der Waals surface area contributed by atoms with Crippen molar-refractivity contribution in [1.29, 1.82) is 0 Å². The fraction of sp³-hybridized carbons (Fsp3) is 1.00. The molecule has 0 amide bonds. The zero-order valence-electron chi connectivity index (χ0n) is 7.71. The van der Waals surface area contributed by atoms with Gasteiger partial charge in [-0.1, -0.05) is 66.8 Å². The van der Waals surface area contributed by atoms with Crippen molar-refractivity contribution < 1.29 is 311 Å². The van der Waals surface area contributed by atoms with Crippen molar-refractivity contribution in [2.75, 3.05) is 0 Å². The Hall–Kier alpha value is 11.9. The third-order valence-electron chi connectivity index (χ3n) is 0. The van der Waals surface area contributed by atoms with E-state index in [1.54, 1.807) is 0 Å². The van der Waals surface area contributed by atoms with Crippen molar-refractivity contribution in [3.8, 4) is 0 Å². The Balaban J connectivity index is 0. The fourth-order valence-electron chi connectivity index (χ4n) is 0. The largest absolute Gasteiger partial charge is 0.0776 e. The van der Waals surface area contributed by atoms with Crippen LogP contribution in [0.1, 0.15) is 66.8 Å². The van der Waals surface area contributed by atoms with Crippen LogP contribution in [-0.4, -0.2) is 62.3 Å².